The van der Waals surface area contributed by atoms with Gasteiger partial charge in [-0.15, -0.1) is 0 Å². The van der Waals surface area contributed by atoms with Crippen LogP contribution in [0.1, 0.15) is 12.5 Å². The van der Waals surface area contributed by atoms with Gasteiger partial charge in [-0.1, -0.05) is 13.0 Å². The van der Waals surface area contributed by atoms with Crippen LogP contribution in [0.2, 0.25) is 0 Å². The van der Waals surface area contributed by atoms with Crippen LogP contribution in [0.25, 0.3) is 11.3 Å². The number of hydrogen-bond acceptors (Lipinski definition) is 3. The molecule has 0 aliphatic carbocycles. The number of rotatable bonds is 5. The fourth-order valence-corrected chi connectivity index (χ4v) is 1.95. The highest BCUT2D eigenvalue weighted by Crippen LogP contribution is 2.29. The Morgan fingerprint density at radius 3 is 2.89 bits per heavy atom. The molecule has 1 aromatic carbocycles. The van der Waals surface area contributed by atoms with Gasteiger partial charge in [0.1, 0.15) is 5.75 Å². The van der Waals surface area contributed by atoms with Crippen molar-refractivity contribution in [2.45, 2.75) is 19.9 Å². The lowest BCUT2D eigenvalue weighted by Crippen LogP contribution is -2.07. The van der Waals surface area contributed by atoms with E-state index >= 15 is 0 Å². The second-order valence-electron chi connectivity index (χ2n) is 4.17. The molecule has 1 aromatic heterocycles. The molecule has 4 heteroatoms. The SMILES string of the molecule is CCc1ccc(OC)c(-c2cn(CCN)cn2)c1. The average molecular weight is 245 g/mol. The van der Waals surface area contributed by atoms with E-state index in [1.165, 1.54) is 5.56 Å². The lowest BCUT2D eigenvalue weighted by atomic mass is 10.1. The minimum atomic E-state index is 0.613. The summed E-state index contributed by atoms with van der Waals surface area (Å²) in [7, 11) is 1.68. The Morgan fingerprint density at radius 1 is 1.39 bits per heavy atom. The number of nitrogens with zero attached hydrogens (tertiary/aromatic N) is 2. The van der Waals surface area contributed by atoms with E-state index in [-0.39, 0.29) is 0 Å². The molecule has 0 radical (unpaired) electrons. The first-order valence-electron chi connectivity index (χ1n) is 6.17. The molecule has 0 aliphatic rings. The predicted molar refractivity (Wildman–Crippen MR) is 72.6 cm³/mol. The number of methoxy groups -OCH3 is 1. The van der Waals surface area contributed by atoms with Gasteiger partial charge in [0.15, 0.2) is 0 Å². The Balaban J connectivity index is 2.40. The molecule has 2 rings (SSSR count). The zero-order valence-corrected chi connectivity index (χ0v) is 10.9. The summed E-state index contributed by atoms with van der Waals surface area (Å²) in [6, 6.07) is 6.21. The van der Waals surface area contributed by atoms with Crippen molar-refractivity contribution in [1.29, 1.82) is 0 Å². The summed E-state index contributed by atoms with van der Waals surface area (Å²) in [6.07, 6.45) is 4.81. The van der Waals surface area contributed by atoms with Crippen molar-refractivity contribution in [3.63, 3.8) is 0 Å². The van der Waals surface area contributed by atoms with Crippen LogP contribution in [-0.2, 0) is 13.0 Å². The molecule has 0 fully saturated rings. The molecule has 0 saturated carbocycles. The number of benzene rings is 1. The molecule has 0 atom stereocenters. The van der Waals surface area contributed by atoms with Crippen molar-refractivity contribution in [3.8, 4) is 17.0 Å². The van der Waals surface area contributed by atoms with Crippen molar-refractivity contribution in [3.05, 3.63) is 36.3 Å². The number of ether oxygens (including phenoxy) is 1. The monoisotopic (exact) mass is 245 g/mol. The van der Waals surface area contributed by atoms with Crippen LogP contribution in [0.5, 0.6) is 5.75 Å². The molecule has 0 amide bonds. The molecular weight excluding hydrogens is 226 g/mol. The molecule has 0 saturated heterocycles. The maximum Gasteiger partial charge on any atom is 0.128 e. The molecule has 2 N–H and O–H groups in total. The van der Waals surface area contributed by atoms with E-state index in [2.05, 4.69) is 24.0 Å². The zero-order valence-electron chi connectivity index (χ0n) is 10.9. The molecule has 0 bridgehead atoms. The van der Waals surface area contributed by atoms with Crippen LogP contribution in [-0.4, -0.2) is 23.2 Å². The van der Waals surface area contributed by atoms with E-state index in [1.807, 2.05) is 16.8 Å². The molecule has 0 aliphatic heterocycles. The van der Waals surface area contributed by atoms with E-state index in [9.17, 15) is 0 Å². The maximum absolute atomic E-state index is 5.54. The van der Waals surface area contributed by atoms with Crippen molar-refractivity contribution in [2.24, 2.45) is 5.73 Å². The topological polar surface area (TPSA) is 53.1 Å². The second kappa shape index (κ2) is 5.69. The van der Waals surface area contributed by atoms with Gasteiger partial charge in [-0.3, -0.25) is 0 Å². The van der Waals surface area contributed by atoms with Gasteiger partial charge in [-0.05, 0) is 24.1 Å². The third-order valence-corrected chi connectivity index (χ3v) is 2.97. The van der Waals surface area contributed by atoms with Gasteiger partial charge < -0.3 is 15.0 Å². The lowest BCUT2D eigenvalue weighted by molar-refractivity contribution is 0.416. The third-order valence-electron chi connectivity index (χ3n) is 2.97. The van der Waals surface area contributed by atoms with Crippen LogP contribution < -0.4 is 10.5 Å². The highest BCUT2D eigenvalue weighted by atomic mass is 16.5. The summed E-state index contributed by atoms with van der Waals surface area (Å²) in [5, 5.41) is 0. The molecule has 18 heavy (non-hydrogen) atoms. The van der Waals surface area contributed by atoms with Gasteiger partial charge in [0.2, 0.25) is 0 Å². The number of nitrogens with two attached hydrogens (primary N) is 1. The van der Waals surface area contributed by atoms with Crippen LogP contribution in [0.3, 0.4) is 0 Å². The number of aryl methyl sites for hydroxylation is 1. The van der Waals surface area contributed by atoms with Gasteiger partial charge in [0.25, 0.3) is 0 Å². The smallest absolute Gasteiger partial charge is 0.128 e. The Kier molecular flexibility index (Phi) is 3.99. The quantitative estimate of drug-likeness (QED) is 0.877. The number of imidazole rings is 1. The lowest BCUT2D eigenvalue weighted by Gasteiger charge is -2.08. The van der Waals surface area contributed by atoms with Crippen LogP contribution in [0.4, 0.5) is 0 Å². The predicted octanol–water partition coefficient (Wildman–Crippen LogP) is 2.08. The highest BCUT2D eigenvalue weighted by molar-refractivity contribution is 5.67. The molecule has 2 aromatic rings. The first-order chi connectivity index (χ1) is 8.78. The standard InChI is InChI=1S/C14H19N3O/c1-3-11-4-5-14(18-2)12(8-11)13-9-17(7-6-15)10-16-13/h4-5,8-10H,3,6-7,15H2,1-2H3. The largest absolute Gasteiger partial charge is 0.496 e. The molecule has 1 heterocycles. The summed E-state index contributed by atoms with van der Waals surface area (Å²) in [5.74, 6) is 0.852. The molecule has 96 valence electrons. The number of hydrogen-bond donors (Lipinski definition) is 1. The number of aromatic nitrogens is 2. The minimum Gasteiger partial charge on any atom is -0.496 e. The molecular formula is C14H19N3O. The van der Waals surface area contributed by atoms with Gasteiger partial charge >= 0.3 is 0 Å². The summed E-state index contributed by atoms with van der Waals surface area (Å²) < 4.78 is 7.39. The van der Waals surface area contributed by atoms with Crippen LogP contribution in [0, 0.1) is 0 Å². The normalized spacial score (nSPS) is 10.6. The van der Waals surface area contributed by atoms with Crippen molar-refractivity contribution in [2.75, 3.05) is 13.7 Å². The van der Waals surface area contributed by atoms with E-state index in [0.29, 0.717) is 6.54 Å². The van der Waals surface area contributed by atoms with Gasteiger partial charge in [-0.25, -0.2) is 4.98 Å². The summed E-state index contributed by atoms with van der Waals surface area (Å²) in [4.78, 5) is 4.42. The Bertz CT molecular complexity index is 520. The van der Waals surface area contributed by atoms with Gasteiger partial charge in [0, 0.05) is 24.8 Å². The minimum absolute atomic E-state index is 0.613. The Morgan fingerprint density at radius 2 is 2.22 bits per heavy atom. The fourth-order valence-electron chi connectivity index (χ4n) is 1.95. The summed E-state index contributed by atoms with van der Waals surface area (Å²) >= 11 is 0. The molecule has 0 unspecified atom stereocenters. The van der Waals surface area contributed by atoms with Gasteiger partial charge in [0.05, 0.1) is 19.1 Å². The van der Waals surface area contributed by atoms with Crippen molar-refractivity contribution < 1.29 is 4.74 Å². The maximum atomic E-state index is 5.54. The van der Waals surface area contributed by atoms with Gasteiger partial charge in [-0.2, -0.15) is 0 Å². The second-order valence-corrected chi connectivity index (χ2v) is 4.17. The van der Waals surface area contributed by atoms with Crippen LogP contribution >= 0.6 is 0 Å². The van der Waals surface area contributed by atoms with Crippen molar-refractivity contribution >= 4 is 0 Å². The zero-order chi connectivity index (χ0) is 13.0. The molecule has 4 nitrogen and oxygen atoms in total. The summed E-state index contributed by atoms with van der Waals surface area (Å²) in [5.41, 5.74) is 8.78. The van der Waals surface area contributed by atoms with E-state index in [0.717, 1.165) is 30.0 Å². The molecule has 0 spiro atoms. The Hall–Kier alpha value is -1.81. The van der Waals surface area contributed by atoms with E-state index in [1.54, 1.807) is 13.4 Å². The fraction of sp³-hybridized carbons (Fsp3) is 0.357. The van der Waals surface area contributed by atoms with Crippen molar-refractivity contribution in [1.82, 2.24) is 9.55 Å². The first kappa shape index (κ1) is 12.6. The average Bonchev–Trinajstić information content (AvgIpc) is 2.87. The van der Waals surface area contributed by atoms with E-state index < -0.39 is 0 Å². The van der Waals surface area contributed by atoms with E-state index in [4.69, 9.17) is 10.5 Å². The van der Waals surface area contributed by atoms with Crippen LogP contribution in [0.15, 0.2) is 30.7 Å². The summed E-state index contributed by atoms with van der Waals surface area (Å²) in [6.45, 7) is 3.53. The highest BCUT2D eigenvalue weighted by Gasteiger charge is 2.09. The third kappa shape index (κ3) is 2.54. The Labute approximate surface area is 107 Å². The first-order valence-corrected chi connectivity index (χ1v) is 6.17.